The minimum absolute atomic E-state index is 0.1000. The smallest absolute Gasteiger partial charge is 0.271 e. The molecule has 1 aromatic heterocycles. The summed E-state index contributed by atoms with van der Waals surface area (Å²) in [6, 6.07) is 7.88. The zero-order chi connectivity index (χ0) is 14.7. The number of hydrogen-bond donors (Lipinski definition) is 2. The molecule has 4 nitrogen and oxygen atoms in total. The molecule has 2 N–H and O–H groups in total. The van der Waals surface area contributed by atoms with E-state index < -0.39 is 0 Å². The van der Waals surface area contributed by atoms with Crippen LogP contribution in [0.25, 0.3) is 11.1 Å². The summed E-state index contributed by atoms with van der Waals surface area (Å²) >= 11 is 0. The van der Waals surface area contributed by atoms with Crippen molar-refractivity contribution in [3.05, 3.63) is 46.4 Å². The van der Waals surface area contributed by atoms with Crippen LogP contribution in [0.5, 0.6) is 5.75 Å². The van der Waals surface area contributed by atoms with Gasteiger partial charge in [-0.2, -0.15) is 0 Å². The minimum Gasteiger partial charge on any atom is -0.490 e. The number of ether oxygens (including phenoxy) is 1. The third-order valence-corrected chi connectivity index (χ3v) is 2.98. The van der Waals surface area contributed by atoms with Gasteiger partial charge in [-0.05, 0) is 39.0 Å². The fourth-order valence-electron chi connectivity index (χ4n) is 2.05. The lowest BCUT2D eigenvalue weighted by atomic mass is 10.0. The van der Waals surface area contributed by atoms with Crippen molar-refractivity contribution in [2.75, 3.05) is 12.4 Å². The second-order valence-electron chi connectivity index (χ2n) is 5.05. The van der Waals surface area contributed by atoms with Crippen molar-refractivity contribution in [1.82, 2.24) is 4.98 Å². The normalized spacial score (nSPS) is 10.7. The molecule has 0 atom stereocenters. The fourth-order valence-corrected chi connectivity index (χ4v) is 2.05. The van der Waals surface area contributed by atoms with Crippen LogP contribution < -0.4 is 15.6 Å². The summed E-state index contributed by atoms with van der Waals surface area (Å²) in [7, 11) is 1.73. The summed E-state index contributed by atoms with van der Waals surface area (Å²) in [5.41, 5.74) is 3.46. The summed E-state index contributed by atoms with van der Waals surface area (Å²) in [6.45, 7) is 6.03. The van der Waals surface area contributed by atoms with Crippen LogP contribution in [0, 0.1) is 6.92 Å². The molecule has 0 saturated carbocycles. The van der Waals surface area contributed by atoms with Gasteiger partial charge in [0.1, 0.15) is 11.4 Å². The van der Waals surface area contributed by atoms with E-state index >= 15 is 0 Å². The standard InChI is InChI=1S/C16H20N2O2/c1-10(2)20-15-6-5-11(3)7-13(15)12-8-14(17-4)16(19)18-9-12/h5-10,17H,1-4H3,(H,18,19). The highest BCUT2D eigenvalue weighted by Gasteiger charge is 2.10. The Morgan fingerprint density at radius 2 is 2.00 bits per heavy atom. The van der Waals surface area contributed by atoms with Crippen LogP contribution in [0.1, 0.15) is 19.4 Å². The van der Waals surface area contributed by atoms with E-state index in [2.05, 4.69) is 16.4 Å². The van der Waals surface area contributed by atoms with Crippen LogP contribution in [0.2, 0.25) is 0 Å². The number of aromatic nitrogens is 1. The molecule has 0 amide bonds. The highest BCUT2D eigenvalue weighted by atomic mass is 16.5. The molecule has 20 heavy (non-hydrogen) atoms. The Balaban J connectivity index is 2.55. The molecule has 0 spiro atoms. The van der Waals surface area contributed by atoms with Crippen LogP contribution in [0.4, 0.5) is 5.69 Å². The first-order chi connectivity index (χ1) is 9.51. The van der Waals surface area contributed by atoms with E-state index in [1.165, 1.54) is 0 Å². The van der Waals surface area contributed by atoms with Crippen molar-refractivity contribution in [3.8, 4) is 16.9 Å². The van der Waals surface area contributed by atoms with E-state index in [9.17, 15) is 4.79 Å². The van der Waals surface area contributed by atoms with Crippen LogP contribution >= 0.6 is 0 Å². The first kappa shape index (κ1) is 14.2. The summed E-state index contributed by atoms with van der Waals surface area (Å²) in [6.07, 6.45) is 1.81. The van der Waals surface area contributed by atoms with Crippen LogP contribution in [0.15, 0.2) is 35.3 Å². The molecule has 0 unspecified atom stereocenters. The predicted octanol–water partition coefficient (Wildman–Crippen LogP) is 3.18. The van der Waals surface area contributed by atoms with Crippen LogP contribution in [0.3, 0.4) is 0 Å². The van der Waals surface area contributed by atoms with Gasteiger partial charge in [-0.15, -0.1) is 0 Å². The third-order valence-electron chi connectivity index (χ3n) is 2.98. The quantitative estimate of drug-likeness (QED) is 0.898. The average Bonchev–Trinajstić information content (AvgIpc) is 2.41. The maximum Gasteiger partial charge on any atom is 0.271 e. The van der Waals surface area contributed by atoms with E-state index in [1.807, 2.05) is 39.0 Å². The van der Waals surface area contributed by atoms with E-state index in [0.717, 1.165) is 22.4 Å². The molecular weight excluding hydrogens is 252 g/mol. The van der Waals surface area contributed by atoms with Crippen molar-refractivity contribution >= 4 is 5.69 Å². The zero-order valence-electron chi connectivity index (χ0n) is 12.3. The second-order valence-corrected chi connectivity index (χ2v) is 5.05. The molecule has 0 saturated heterocycles. The fraction of sp³-hybridized carbons (Fsp3) is 0.312. The van der Waals surface area contributed by atoms with Gasteiger partial charge in [-0.1, -0.05) is 11.6 Å². The zero-order valence-corrected chi connectivity index (χ0v) is 12.3. The summed E-state index contributed by atoms with van der Waals surface area (Å²) in [4.78, 5) is 14.4. The molecule has 0 aliphatic heterocycles. The molecule has 1 aromatic carbocycles. The van der Waals surface area contributed by atoms with Gasteiger partial charge in [0.05, 0.1) is 6.10 Å². The highest BCUT2D eigenvalue weighted by Crippen LogP contribution is 2.31. The van der Waals surface area contributed by atoms with Crippen molar-refractivity contribution < 1.29 is 4.74 Å². The molecule has 0 aliphatic rings. The van der Waals surface area contributed by atoms with Gasteiger partial charge in [0.2, 0.25) is 0 Å². The Morgan fingerprint density at radius 3 is 2.65 bits per heavy atom. The molecule has 0 bridgehead atoms. The number of rotatable bonds is 4. The lowest BCUT2D eigenvalue weighted by molar-refractivity contribution is 0.243. The Morgan fingerprint density at radius 1 is 1.25 bits per heavy atom. The first-order valence-electron chi connectivity index (χ1n) is 6.69. The summed E-state index contributed by atoms with van der Waals surface area (Å²) in [5, 5.41) is 2.90. The summed E-state index contributed by atoms with van der Waals surface area (Å²) < 4.78 is 5.85. The molecule has 0 aliphatic carbocycles. The number of aromatic amines is 1. The molecule has 2 aromatic rings. The van der Waals surface area contributed by atoms with E-state index in [4.69, 9.17) is 4.74 Å². The number of H-pyrrole nitrogens is 1. The van der Waals surface area contributed by atoms with Gasteiger partial charge in [0.25, 0.3) is 5.56 Å². The van der Waals surface area contributed by atoms with Gasteiger partial charge >= 0.3 is 0 Å². The van der Waals surface area contributed by atoms with Crippen molar-refractivity contribution in [1.29, 1.82) is 0 Å². The maximum absolute atomic E-state index is 11.6. The monoisotopic (exact) mass is 272 g/mol. The third kappa shape index (κ3) is 3.02. The second kappa shape index (κ2) is 5.82. The predicted molar refractivity (Wildman–Crippen MR) is 82.5 cm³/mol. The Labute approximate surface area is 118 Å². The molecule has 0 radical (unpaired) electrons. The topological polar surface area (TPSA) is 54.1 Å². The maximum atomic E-state index is 11.6. The Bertz CT molecular complexity index is 660. The number of aryl methyl sites for hydroxylation is 1. The lowest BCUT2D eigenvalue weighted by Gasteiger charge is -2.15. The van der Waals surface area contributed by atoms with Gasteiger partial charge in [0, 0.05) is 24.4 Å². The Kier molecular flexibility index (Phi) is 4.13. The first-order valence-corrected chi connectivity index (χ1v) is 6.69. The number of hydrogen-bond acceptors (Lipinski definition) is 3. The molecule has 2 rings (SSSR count). The SMILES string of the molecule is CNc1cc(-c2cc(C)ccc2OC(C)C)c[nH]c1=O. The number of anilines is 1. The van der Waals surface area contributed by atoms with E-state index in [0.29, 0.717) is 5.69 Å². The molecule has 4 heteroatoms. The van der Waals surface area contributed by atoms with Crippen molar-refractivity contribution in [2.24, 2.45) is 0 Å². The van der Waals surface area contributed by atoms with E-state index in [1.54, 1.807) is 13.2 Å². The van der Waals surface area contributed by atoms with Gasteiger partial charge in [-0.3, -0.25) is 4.79 Å². The largest absolute Gasteiger partial charge is 0.490 e. The van der Waals surface area contributed by atoms with Gasteiger partial charge in [-0.25, -0.2) is 0 Å². The van der Waals surface area contributed by atoms with Crippen molar-refractivity contribution in [3.63, 3.8) is 0 Å². The molecule has 0 fully saturated rings. The van der Waals surface area contributed by atoms with E-state index in [-0.39, 0.29) is 11.7 Å². The number of nitrogens with one attached hydrogen (secondary N) is 2. The van der Waals surface area contributed by atoms with Crippen LogP contribution in [-0.2, 0) is 0 Å². The average molecular weight is 272 g/mol. The molecule has 106 valence electrons. The Hall–Kier alpha value is -2.23. The van der Waals surface area contributed by atoms with Crippen molar-refractivity contribution in [2.45, 2.75) is 26.9 Å². The van der Waals surface area contributed by atoms with Gasteiger partial charge < -0.3 is 15.0 Å². The number of benzene rings is 1. The number of pyridine rings is 1. The molecular formula is C16H20N2O2. The summed E-state index contributed by atoms with van der Waals surface area (Å²) in [5.74, 6) is 0.819. The highest BCUT2D eigenvalue weighted by molar-refractivity contribution is 5.73. The van der Waals surface area contributed by atoms with Gasteiger partial charge in [0.15, 0.2) is 0 Å². The lowest BCUT2D eigenvalue weighted by Crippen LogP contribution is -2.11. The molecule has 1 heterocycles. The van der Waals surface area contributed by atoms with Crippen LogP contribution in [-0.4, -0.2) is 18.1 Å². The minimum atomic E-state index is -0.129.